The van der Waals surface area contributed by atoms with E-state index in [4.69, 9.17) is 16.7 Å². The minimum atomic E-state index is 0.304. The van der Waals surface area contributed by atoms with E-state index in [1.54, 1.807) is 0 Å². The smallest absolute Gasteiger partial charge is 0.0863 e. The molecular weight excluding hydrogens is 262 g/mol. The maximum absolute atomic E-state index is 8.69. The minimum absolute atomic E-state index is 0.304. The Kier molecular flexibility index (Phi) is 8.10. The molecule has 2 N–H and O–H groups in total. The molecule has 0 amide bonds. The van der Waals surface area contributed by atoms with Gasteiger partial charge in [-0.25, -0.2) is 0 Å². The van der Waals surface area contributed by atoms with Gasteiger partial charge in [-0.15, -0.1) is 0 Å². The van der Waals surface area contributed by atoms with Gasteiger partial charge in [0, 0.05) is 19.7 Å². The van der Waals surface area contributed by atoms with Gasteiger partial charge in [-0.2, -0.15) is 5.10 Å². The highest BCUT2D eigenvalue weighted by Crippen LogP contribution is 2.21. The van der Waals surface area contributed by atoms with E-state index >= 15 is 0 Å². The number of nitrogens with zero attached hydrogens (tertiary/aromatic N) is 2. The summed E-state index contributed by atoms with van der Waals surface area (Å²) in [5.74, 6) is 0. The normalized spacial score (nSPS) is 11.2. The van der Waals surface area contributed by atoms with Gasteiger partial charge in [0.1, 0.15) is 0 Å². The topological polar surface area (TPSA) is 50.1 Å². The number of aryl methyl sites for hydroxylation is 2. The lowest BCUT2D eigenvalue weighted by molar-refractivity contribution is 0.282. The van der Waals surface area contributed by atoms with E-state index in [-0.39, 0.29) is 0 Å². The van der Waals surface area contributed by atoms with E-state index in [1.807, 2.05) is 4.68 Å². The van der Waals surface area contributed by atoms with Crippen molar-refractivity contribution in [2.75, 3.05) is 13.2 Å². The van der Waals surface area contributed by atoms with Gasteiger partial charge in [-0.1, -0.05) is 31.4 Å². The highest BCUT2D eigenvalue weighted by molar-refractivity contribution is 6.31. The fourth-order valence-electron chi connectivity index (χ4n) is 2.11. The van der Waals surface area contributed by atoms with Gasteiger partial charge in [0.05, 0.1) is 16.4 Å². The van der Waals surface area contributed by atoms with Crippen LogP contribution in [0.4, 0.5) is 0 Å². The van der Waals surface area contributed by atoms with Crippen LogP contribution < -0.4 is 5.32 Å². The summed E-state index contributed by atoms with van der Waals surface area (Å²) in [7, 11) is 0. The molecule has 19 heavy (non-hydrogen) atoms. The van der Waals surface area contributed by atoms with Crippen molar-refractivity contribution >= 4 is 11.6 Å². The summed E-state index contributed by atoms with van der Waals surface area (Å²) < 4.78 is 1.99. The first kappa shape index (κ1) is 16.5. The fourth-order valence-corrected chi connectivity index (χ4v) is 2.44. The number of aromatic nitrogens is 2. The zero-order valence-corrected chi connectivity index (χ0v) is 12.8. The van der Waals surface area contributed by atoms with Crippen molar-refractivity contribution in [3.63, 3.8) is 0 Å². The third-order valence-corrected chi connectivity index (χ3v) is 3.68. The van der Waals surface area contributed by atoms with Gasteiger partial charge in [0.15, 0.2) is 0 Å². The van der Waals surface area contributed by atoms with Gasteiger partial charge in [0.2, 0.25) is 0 Å². The first-order chi connectivity index (χ1) is 9.24. The summed E-state index contributed by atoms with van der Waals surface area (Å²) in [5, 5.41) is 17.4. The van der Waals surface area contributed by atoms with E-state index < -0.39 is 0 Å². The Morgan fingerprint density at radius 2 is 1.95 bits per heavy atom. The highest BCUT2D eigenvalue weighted by atomic mass is 35.5. The van der Waals surface area contributed by atoms with E-state index in [0.717, 1.165) is 68.1 Å². The second kappa shape index (κ2) is 9.34. The lowest BCUT2D eigenvalue weighted by atomic mass is 10.2. The summed E-state index contributed by atoms with van der Waals surface area (Å²) in [6.07, 6.45) is 5.19. The number of nitrogens with one attached hydrogen (secondary N) is 1. The third kappa shape index (κ3) is 5.13. The van der Waals surface area contributed by atoms with Crippen LogP contribution in [-0.2, 0) is 19.5 Å². The molecule has 0 aromatic carbocycles. The molecule has 0 radical (unpaired) electrons. The van der Waals surface area contributed by atoms with Gasteiger partial charge < -0.3 is 10.4 Å². The maximum Gasteiger partial charge on any atom is 0.0863 e. The third-order valence-electron chi connectivity index (χ3n) is 3.25. The number of hydrogen-bond acceptors (Lipinski definition) is 3. The molecule has 0 bridgehead atoms. The lowest BCUT2D eigenvalue weighted by Gasteiger charge is -2.07. The zero-order chi connectivity index (χ0) is 14.1. The second-order valence-electron chi connectivity index (χ2n) is 4.69. The van der Waals surface area contributed by atoms with Crippen molar-refractivity contribution in [1.82, 2.24) is 15.1 Å². The molecule has 0 saturated heterocycles. The molecule has 0 unspecified atom stereocenters. The van der Waals surface area contributed by atoms with Crippen LogP contribution in [0.1, 0.15) is 50.9 Å². The number of hydrogen-bond donors (Lipinski definition) is 2. The van der Waals surface area contributed by atoms with Crippen molar-refractivity contribution in [3.05, 3.63) is 16.4 Å². The Morgan fingerprint density at radius 3 is 2.58 bits per heavy atom. The molecule has 110 valence electrons. The molecule has 1 aromatic rings. The number of rotatable bonds is 10. The largest absolute Gasteiger partial charge is 0.396 e. The molecule has 0 atom stereocenters. The van der Waals surface area contributed by atoms with Crippen molar-refractivity contribution in [3.8, 4) is 0 Å². The average molecular weight is 288 g/mol. The van der Waals surface area contributed by atoms with Crippen molar-refractivity contribution in [1.29, 1.82) is 0 Å². The molecule has 0 aliphatic rings. The van der Waals surface area contributed by atoms with Gasteiger partial charge >= 0.3 is 0 Å². The molecule has 4 nitrogen and oxygen atoms in total. The average Bonchev–Trinajstić information content (AvgIpc) is 2.74. The van der Waals surface area contributed by atoms with Crippen molar-refractivity contribution in [2.45, 2.75) is 59.0 Å². The van der Waals surface area contributed by atoms with Crippen LogP contribution >= 0.6 is 11.6 Å². The molecule has 1 rings (SSSR count). The van der Waals surface area contributed by atoms with Gasteiger partial charge in [0.25, 0.3) is 0 Å². The molecule has 0 saturated carbocycles. The fraction of sp³-hybridized carbons (Fsp3) is 0.786. The highest BCUT2D eigenvalue weighted by Gasteiger charge is 2.13. The van der Waals surface area contributed by atoms with Crippen LogP contribution in [0.15, 0.2) is 0 Å². The Bertz CT molecular complexity index is 366. The quantitative estimate of drug-likeness (QED) is 0.651. The van der Waals surface area contributed by atoms with Crippen LogP contribution in [0, 0.1) is 0 Å². The van der Waals surface area contributed by atoms with E-state index in [2.05, 4.69) is 24.3 Å². The summed E-state index contributed by atoms with van der Waals surface area (Å²) in [5.41, 5.74) is 2.08. The summed E-state index contributed by atoms with van der Waals surface area (Å²) >= 11 is 6.34. The Balaban J connectivity index is 2.34. The predicted molar refractivity (Wildman–Crippen MR) is 79.5 cm³/mol. The van der Waals surface area contributed by atoms with Crippen molar-refractivity contribution in [2.24, 2.45) is 0 Å². The summed E-state index contributed by atoms with van der Waals surface area (Å²) in [6, 6.07) is 0. The van der Waals surface area contributed by atoms with Crippen LogP contribution in [0.2, 0.25) is 5.02 Å². The molecule has 0 fully saturated rings. The van der Waals surface area contributed by atoms with Gasteiger partial charge in [-0.05, 0) is 32.7 Å². The number of unbranched alkanes of at least 4 members (excludes halogenated alkanes) is 3. The standard InChI is InChI=1S/C14H26ClN3O/c1-3-12-14(15)13(18(4-2)17-12)11-16-9-7-5-6-8-10-19/h16,19H,3-11H2,1-2H3. The monoisotopic (exact) mass is 287 g/mol. The Labute approximate surface area is 121 Å². The molecule has 5 heteroatoms. The SMILES string of the molecule is CCc1nn(CC)c(CNCCCCCCO)c1Cl. The van der Waals surface area contributed by atoms with E-state index in [0.29, 0.717) is 6.61 Å². The number of aliphatic hydroxyl groups is 1. The Morgan fingerprint density at radius 1 is 1.21 bits per heavy atom. The van der Waals surface area contributed by atoms with Crippen LogP contribution in [-0.4, -0.2) is 28.0 Å². The molecular formula is C14H26ClN3O. The summed E-state index contributed by atoms with van der Waals surface area (Å²) in [4.78, 5) is 0. The zero-order valence-electron chi connectivity index (χ0n) is 12.1. The lowest BCUT2D eigenvalue weighted by Crippen LogP contribution is -2.18. The van der Waals surface area contributed by atoms with Gasteiger partial charge in [-0.3, -0.25) is 4.68 Å². The molecule has 1 heterocycles. The Hall–Kier alpha value is -0.580. The van der Waals surface area contributed by atoms with Crippen LogP contribution in [0.25, 0.3) is 0 Å². The number of halogens is 1. The predicted octanol–water partition coefficient (Wildman–Crippen LogP) is 2.76. The first-order valence-electron chi connectivity index (χ1n) is 7.30. The molecule has 0 aliphatic carbocycles. The number of aliphatic hydroxyl groups excluding tert-OH is 1. The van der Waals surface area contributed by atoms with Crippen molar-refractivity contribution < 1.29 is 5.11 Å². The van der Waals surface area contributed by atoms with Crippen LogP contribution in [0.5, 0.6) is 0 Å². The summed E-state index contributed by atoms with van der Waals surface area (Å²) in [6.45, 7) is 7.08. The van der Waals surface area contributed by atoms with E-state index in [1.165, 1.54) is 0 Å². The maximum atomic E-state index is 8.69. The first-order valence-corrected chi connectivity index (χ1v) is 7.68. The minimum Gasteiger partial charge on any atom is -0.396 e. The van der Waals surface area contributed by atoms with Crippen LogP contribution in [0.3, 0.4) is 0 Å². The molecule has 0 spiro atoms. The molecule has 1 aromatic heterocycles. The second-order valence-corrected chi connectivity index (χ2v) is 5.07. The molecule has 0 aliphatic heterocycles. The van der Waals surface area contributed by atoms with E-state index in [9.17, 15) is 0 Å².